The highest BCUT2D eigenvalue weighted by molar-refractivity contribution is 5.52. The summed E-state index contributed by atoms with van der Waals surface area (Å²) in [7, 11) is 1.60. The molecule has 1 heterocycles. The zero-order chi connectivity index (χ0) is 6.69. The van der Waals surface area contributed by atoms with Gasteiger partial charge in [0.25, 0.3) is 0 Å². The van der Waals surface area contributed by atoms with Gasteiger partial charge in [0.05, 0.1) is 19.1 Å². The Hall–Kier alpha value is -0.770. The monoisotopic (exact) mass is 131 g/mol. The van der Waals surface area contributed by atoms with Gasteiger partial charge in [0.1, 0.15) is 0 Å². The first-order valence-corrected chi connectivity index (χ1v) is 2.78. The molecule has 0 aromatic heterocycles. The summed E-state index contributed by atoms with van der Waals surface area (Å²) in [6.07, 6.45) is 2.10. The fourth-order valence-corrected chi connectivity index (χ4v) is 0.645. The van der Waals surface area contributed by atoms with Gasteiger partial charge >= 0.3 is 0 Å². The standard InChI is InChI=1S/C5H9NO3/c1-8-5-2-3-6(7)9-4-5/h3,5H,2,4H2,1H3/t5-/m0/s1. The molecule has 52 valence electrons. The third-order valence-electron chi connectivity index (χ3n) is 1.24. The summed E-state index contributed by atoms with van der Waals surface area (Å²) in [4.78, 5) is 5.05. The minimum atomic E-state index is 0.0511. The Morgan fingerprint density at radius 2 is 2.67 bits per heavy atom. The van der Waals surface area contributed by atoms with Crippen molar-refractivity contribution in [1.82, 2.24) is 0 Å². The Kier molecular flexibility index (Phi) is 1.89. The van der Waals surface area contributed by atoms with Crippen LogP contribution in [0.1, 0.15) is 6.42 Å². The maximum atomic E-state index is 10.3. The van der Waals surface area contributed by atoms with Crippen LogP contribution in [-0.2, 0) is 9.57 Å². The summed E-state index contributed by atoms with van der Waals surface area (Å²) < 4.78 is 4.92. The van der Waals surface area contributed by atoms with Gasteiger partial charge in [-0.3, -0.25) is 5.21 Å². The van der Waals surface area contributed by atoms with E-state index < -0.39 is 0 Å². The first kappa shape index (κ1) is 6.35. The SMILES string of the molecule is CO[C@H]1CC=[N+]([O-])OC1. The van der Waals surface area contributed by atoms with Gasteiger partial charge in [0, 0.05) is 12.0 Å². The van der Waals surface area contributed by atoms with Crippen LogP contribution in [0.2, 0.25) is 0 Å². The average molecular weight is 131 g/mol. The largest absolute Gasteiger partial charge is 0.401 e. The van der Waals surface area contributed by atoms with Gasteiger partial charge in [0.15, 0.2) is 0 Å². The van der Waals surface area contributed by atoms with E-state index in [2.05, 4.69) is 4.84 Å². The van der Waals surface area contributed by atoms with Gasteiger partial charge in [-0.05, 0) is 0 Å². The van der Waals surface area contributed by atoms with Crippen molar-refractivity contribution in [3.8, 4) is 0 Å². The van der Waals surface area contributed by atoms with E-state index in [1.54, 1.807) is 7.11 Å². The molecule has 0 radical (unpaired) electrons. The Bertz CT molecular complexity index is 123. The van der Waals surface area contributed by atoms with Crippen LogP contribution < -0.4 is 0 Å². The second-order valence-electron chi connectivity index (χ2n) is 1.86. The van der Waals surface area contributed by atoms with Crippen molar-refractivity contribution in [2.75, 3.05) is 13.7 Å². The van der Waals surface area contributed by atoms with Gasteiger partial charge in [-0.2, -0.15) is 0 Å². The third kappa shape index (κ3) is 1.57. The van der Waals surface area contributed by atoms with Gasteiger partial charge in [-0.15, -0.1) is 0 Å². The van der Waals surface area contributed by atoms with Crippen molar-refractivity contribution in [2.24, 2.45) is 0 Å². The number of ether oxygens (including phenoxy) is 1. The molecule has 4 heteroatoms. The first-order valence-electron chi connectivity index (χ1n) is 2.78. The predicted molar refractivity (Wildman–Crippen MR) is 31.1 cm³/mol. The van der Waals surface area contributed by atoms with Crippen LogP contribution in [0.15, 0.2) is 0 Å². The molecule has 0 aromatic carbocycles. The van der Waals surface area contributed by atoms with E-state index in [0.717, 1.165) is 0 Å². The van der Waals surface area contributed by atoms with Gasteiger partial charge in [-0.25, -0.2) is 0 Å². The summed E-state index contributed by atoms with van der Waals surface area (Å²) in [5, 5.41) is 10.3. The topological polar surface area (TPSA) is 44.5 Å². The second-order valence-corrected chi connectivity index (χ2v) is 1.86. The fraction of sp³-hybridized carbons (Fsp3) is 0.800. The predicted octanol–water partition coefficient (Wildman–Crippen LogP) is -0.0822. The van der Waals surface area contributed by atoms with Crippen molar-refractivity contribution in [3.05, 3.63) is 5.21 Å². The summed E-state index contributed by atoms with van der Waals surface area (Å²) >= 11 is 0. The highest BCUT2D eigenvalue weighted by Crippen LogP contribution is 2.00. The maximum Gasteiger partial charge on any atom is 0.212 e. The second kappa shape index (κ2) is 2.68. The van der Waals surface area contributed by atoms with Crippen LogP contribution >= 0.6 is 0 Å². The van der Waals surface area contributed by atoms with Gasteiger partial charge < -0.3 is 9.57 Å². The van der Waals surface area contributed by atoms with Crippen LogP contribution in [0, 0.1) is 5.21 Å². The minimum absolute atomic E-state index is 0.0511. The van der Waals surface area contributed by atoms with E-state index in [0.29, 0.717) is 17.9 Å². The Morgan fingerprint density at radius 1 is 1.89 bits per heavy atom. The Balaban J connectivity index is 2.36. The van der Waals surface area contributed by atoms with E-state index in [1.165, 1.54) is 6.21 Å². The molecule has 4 nitrogen and oxygen atoms in total. The molecular weight excluding hydrogens is 122 g/mol. The molecule has 1 aliphatic rings. The van der Waals surface area contributed by atoms with Gasteiger partial charge in [0.2, 0.25) is 6.21 Å². The van der Waals surface area contributed by atoms with Crippen LogP contribution in [0.5, 0.6) is 0 Å². The third-order valence-corrected chi connectivity index (χ3v) is 1.24. The lowest BCUT2D eigenvalue weighted by molar-refractivity contribution is -0.745. The van der Waals surface area contributed by atoms with E-state index in [-0.39, 0.29) is 6.10 Å². The Morgan fingerprint density at radius 3 is 3.11 bits per heavy atom. The van der Waals surface area contributed by atoms with Crippen molar-refractivity contribution in [2.45, 2.75) is 12.5 Å². The molecule has 1 rings (SSSR count). The lowest BCUT2D eigenvalue weighted by Crippen LogP contribution is -2.28. The normalized spacial score (nSPS) is 26.8. The molecule has 0 N–H and O–H groups in total. The average Bonchev–Trinajstić information content (AvgIpc) is 1.90. The Labute approximate surface area is 53.2 Å². The molecule has 0 bridgehead atoms. The van der Waals surface area contributed by atoms with Crippen LogP contribution in [-0.4, -0.2) is 30.9 Å². The highest BCUT2D eigenvalue weighted by Gasteiger charge is 2.12. The molecule has 9 heavy (non-hydrogen) atoms. The quantitative estimate of drug-likeness (QED) is 0.467. The molecule has 0 spiro atoms. The maximum absolute atomic E-state index is 10.3. The van der Waals surface area contributed by atoms with Gasteiger partial charge in [-0.1, -0.05) is 0 Å². The summed E-state index contributed by atoms with van der Waals surface area (Å²) in [5.41, 5.74) is 0. The van der Waals surface area contributed by atoms with Crippen LogP contribution in [0.25, 0.3) is 0 Å². The molecule has 0 fully saturated rings. The number of rotatable bonds is 1. The zero-order valence-corrected chi connectivity index (χ0v) is 5.24. The van der Waals surface area contributed by atoms with E-state index in [4.69, 9.17) is 4.74 Å². The minimum Gasteiger partial charge on any atom is -0.401 e. The molecule has 0 unspecified atom stereocenters. The number of nitrogens with zero attached hydrogens (tertiary/aromatic N) is 1. The van der Waals surface area contributed by atoms with Crippen molar-refractivity contribution >= 4 is 6.21 Å². The summed E-state index contributed by atoms with van der Waals surface area (Å²) in [6.45, 7) is 0.358. The van der Waals surface area contributed by atoms with E-state index in [9.17, 15) is 5.21 Å². The van der Waals surface area contributed by atoms with E-state index in [1.807, 2.05) is 0 Å². The molecular formula is C5H9NO3. The molecule has 0 amide bonds. The zero-order valence-electron chi connectivity index (χ0n) is 5.24. The smallest absolute Gasteiger partial charge is 0.212 e. The number of hydrogen-bond acceptors (Lipinski definition) is 3. The van der Waals surface area contributed by atoms with Crippen LogP contribution in [0.3, 0.4) is 0 Å². The van der Waals surface area contributed by atoms with E-state index >= 15 is 0 Å². The highest BCUT2D eigenvalue weighted by atomic mass is 16.9. The molecule has 0 saturated carbocycles. The van der Waals surface area contributed by atoms with Crippen LogP contribution in [0.4, 0.5) is 0 Å². The molecule has 0 saturated heterocycles. The first-order chi connectivity index (χ1) is 4.33. The molecule has 0 aliphatic carbocycles. The van der Waals surface area contributed by atoms with Crippen molar-refractivity contribution < 1.29 is 14.5 Å². The number of hydrogen-bond donors (Lipinski definition) is 0. The fourth-order valence-electron chi connectivity index (χ4n) is 0.645. The molecule has 1 aliphatic heterocycles. The molecule has 1 atom stereocenters. The van der Waals surface area contributed by atoms with Crippen molar-refractivity contribution in [3.63, 3.8) is 0 Å². The summed E-state index contributed by atoms with van der Waals surface area (Å²) in [6, 6.07) is 0. The lowest BCUT2D eigenvalue weighted by atomic mass is 10.3. The lowest BCUT2D eigenvalue weighted by Gasteiger charge is -2.17. The van der Waals surface area contributed by atoms with Crippen molar-refractivity contribution in [1.29, 1.82) is 0 Å². The summed E-state index contributed by atoms with van der Waals surface area (Å²) in [5.74, 6) is 0. The molecule has 0 aromatic rings. The number of methoxy groups -OCH3 is 1.